The average Bonchev–Trinajstić information content (AvgIpc) is 3.17. The van der Waals surface area contributed by atoms with Crippen molar-refractivity contribution in [1.29, 1.82) is 0 Å². The second-order valence-electron chi connectivity index (χ2n) is 6.92. The van der Waals surface area contributed by atoms with Gasteiger partial charge < -0.3 is 4.90 Å². The van der Waals surface area contributed by atoms with E-state index in [2.05, 4.69) is 20.4 Å². The summed E-state index contributed by atoms with van der Waals surface area (Å²) in [4.78, 5) is 16.8. The number of aromatic nitrogens is 4. The summed E-state index contributed by atoms with van der Waals surface area (Å²) in [6.45, 7) is 5.59. The van der Waals surface area contributed by atoms with Gasteiger partial charge in [0.25, 0.3) is 5.91 Å². The maximum Gasteiger partial charge on any atom is 0.253 e. The maximum absolute atomic E-state index is 12.7. The van der Waals surface area contributed by atoms with E-state index in [-0.39, 0.29) is 5.91 Å². The van der Waals surface area contributed by atoms with Gasteiger partial charge in [-0.3, -0.25) is 9.69 Å². The largest absolute Gasteiger partial charge is 0.336 e. The number of benzene rings is 2. The van der Waals surface area contributed by atoms with Crippen molar-refractivity contribution >= 4 is 17.5 Å². The molecule has 0 unspecified atom stereocenters. The van der Waals surface area contributed by atoms with Crippen LogP contribution in [0.2, 0.25) is 5.02 Å². The minimum absolute atomic E-state index is 0.0886. The average molecular weight is 397 g/mol. The first-order valence-corrected chi connectivity index (χ1v) is 9.59. The SMILES string of the molecule is Cc1ccc(C(=O)N2CCN(Cc3nnnn3-c3ccc(Cl)cc3)CC2)cc1. The molecular weight excluding hydrogens is 376 g/mol. The Hall–Kier alpha value is -2.77. The highest BCUT2D eigenvalue weighted by Crippen LogP contribution is 2.15. The van der Waals surface area contributed by atoms with Gasteiger partial charge in [-0.05, 0) is 53.7 Å². The molecule has 2 aromatic carbocycles. The molecule has 4 rings (SSSR count). The molecule has 1 fully saturated rings. The van der Waals surface area contributed by atoms with Crippen molar-refractivity contribution in [3.8, 4) is 5.69 Å². The number of carbonyl (C=O) groups excluding carboxylic acids is 1. The number of hydrogen-bond donors (Lipinski definition) is 0. The number of carbonyl (C=O) groups is 1. The monoisotopic (exact) mass is 396 g/mol. The molecule has 3 aromatic rings. The molecule has 0 spiro atoms. The first kappa shape index (κ1) is 18.6. The van der Waals surface area contributed by atoms with Crippen LogP contribution in [0.3, 0.4) is 0 Å². The van der Waals surface area contributed by atoms with Crippen molar-refractivity contribution in [2.45, 2.75) is 13.5 Å². The predicted octanol–water partition coefficient (Wildman–Crippen LogP) is 2.58. The van der Waals surface area contributed by atoms with Crippen LogP contribution in [0.25, 0.3) is 5.69 Å². The van der Waals surface area contributed by atoms with Gasteiger partial charge in [0.05, 0.1) is 12.2 Å². The smallest absolute Gasteiger partial charge is 0.253 e. The molecule has 2 heterocycles. The minimum atomic E-state index is 0.0886. The Bertz CT molecular complexity index is 946. The van der Waals surface area contributed by atoms with Crippen LogP contribution in [0.1, 0.15) is 21.7 Å². The fourth-order valence-corrected chi connectivity index (χ4v) is 3.40. The quantitative estimate of drug-likeness (QED) is 0.678. The van der Waals surface area contributed by atoms with Gasteiger partial charge in [0.1, 0.15) is 0 Å². The van der Waals surface area contributed by atoms with Crippen LogP contribution in [0, 0.1) is 6.92 Å². The van der Waals surface area contributed by atoms with Gasteiger partial charge in [-0.2, -0.15) is 4.68 Å². The Balaban J connectivity index is 1.38. The van der Waals surface area contributed by atoms with E-state index in [4.69, 9.17) is 11.6 Å². The number of amides is 1. The van der Waals surface area contributed by atoms with Gasteiger partial charge in [0.15, 0.2) is 5.82 Å². The van der Waals surface area contributed by atoms with Gasteiger partial charge in [-0.25, -0.2) is 0 Å². The molecule has 0 aliphatic carbocycles. The van der Waals surface area contributed by atoms with E-state index < -0.39 is 0 Å². The van der Waals surface area contributed by atoms with Crippen molar-refractivity contribution in [2.24, 2.45) is 0 Å². The summed E-state index contributed by atoms with van der Waals surface area (Å²) in [5.41, 5.74) is 2.77. The second-order valence-corrected chi connectivity index (χ2v) is 7.35. The molecule has 1 saturated heterocycles. The molecule has 1 amide bonds. The summed E-state index contributed by atoms with van der Waals surface area (Å²) in [7, 11) is 0. The zero-order chi connectivity index (χ0) is 19.5. The maximum atomic E-state index is 12.7. The number of nitrogens with zero attached hydrogens (tertiary/aromatic N) is 6. The fraction of sp³-hybridized carbons (Fsp3) is 0.300. The third-order valence-corrected chi connectivity index (χ3v) is 5.18. The van der Waals surface area contributed by atoms with Gasteiger partial charge in [-0.1, -0.05) is 29.3 Å². The van der Waals surface area contributed by atoms with Crippen LogP contribution in [0.15, 0.2) is 48.5 Å². The summed E-state index contributed by atoms with van der Waals surface area (Å²) in [6, 6.07) is 15.1. The van der Waals surface area contributed by atoms with Crippen molar-refractivity contribution in [3.63, 3.8) is 0 Å². The summed E-state index contributed by atoms with van der Waals surface area (Å²) in [5.74, 6) is 0.853. The molecule has 1 aliphatic heterocycles. The molecule has 28 heavy (non-hydrogen) atoms. The zero-order valence-electron chi connectivity index (χ0n) is 15.6. The van der Waals surface area contributed by atoms with Crippen LogP contribution in [0.5, 0.6) is 0 Å². The summed E-state index contributed by atoms with van der Waals surface area (Å²) in [5, 5.41) is 12.7. The minimum Gasteiger partial charge on any atom is -0.336 e. The highest BCUT2D eigenvalue weighted by molar-refractivity contribution is 6.30. The lowest BCUT2D eigenvalue weighted by atomic mass is 10.1. The van der Waals surface area contributed by atoms with E-state index in [1.807, 2.05) is 60.4 Å². The van der Waals surface area contributed by atoms with E-state index in [9.17, 15) is 4.79 Å². The molecule has 7 nitrogen and oxygen atoms in total. The van der Waals surface area contributed by atoms with Crippen LogP contribution in [-0.2, 0) is 6.54 Å². The lowest BCUT2D eigenvalue weighted by molar-refractivity contribution is 0.0624. The Morgan fingerprint density at radius 2 is 1.68 bits per heavy atom. The lowest BCUT2D eigenvalue weighted by Crippen LogP contribution is -2.48. The molecule has 0 N–H and O–H groups in total. The van der Waals surface area contributed by atoms with Crippen molar-refractivity contribution in [1.82, 2.24) is 30.0 Å². The van der Waals surface area contributed by atoms with Crippen molar-refractivity contribution < 1.29 is 4.79 Å². The van der Waals surface area contributed by atoms with Crippen molar-refractivity contribution in [2.75, 3.05) is 26.2 Å². The lowest BCUT2D eigenvalue weighted by Gasteiger charge is -2.34. The highest BCUT2D eigenvalue weighted by atomic mass is 35.5. The topological polar surface area (TPSA) is 67.2 Å². The first-order chi connectivity index (χ1) is 13.6. The predicted molar refractivity (Wildman–Crippen MR) is 107 cm³/mol. The number of piperazine rings is 1. The van der Waals surface area contributed by atoms with Gasteiger partial charge in [0, 0.05) is 36.8 Å². The summed E-state index contributed by atoms with van der Waals surface area (Å²) < 4.78 is 1.72. The van der Waals surface area contributed by atoms with Gasteiger partial charge in [-0.15, -0.1) is 5.10 Å². The number of halogens is 1. The van der Waals surface area contributed by atoms with E-state index in [1.54, 1.807) is 4.68 Å². The van der Waals surface area contributed by atoms with E-state index in [1.165, 1.54) is 0 Å². The second kappa shape index (κ2) is 8.08. The molecule has 0 radical (unpaired) electrons. The third-order valence-electron chi connectivity index (χ3n) is 4.93. The molecule has 0 saturated carbocycles. The third kappa shape index (κ3) is 4.05. The molecular formula is C20H21ClN6O. The standard InChI is InChI=1S/C20H21ClN6O/c1-15-2-4-16(5-3-15)20(28)26-12-10-25(11-13-26)14-19-22-23-24-27(19)18-8-6-17(21)7-9-18/h2-9H,10-14H2,1H3. The van der Waals surface area contributed by atoms with Crippen LogP contribution in [-0.4, -0.2) is 62.1 Å². The highest BCUT2D eigenvalue weighted by Gasteiger charge is 2.23. The van der Waals surface area contributed by atoms with Crippen LogP contribution in [0.4, 0.5) is 0 Å². The van der Waals surface area contributed by atoms with Crippen LogP contribution < -0.4 is 0 Å². The number of rotatable bonds is 4. The molecule has 1 aliphatic rings. The van der Waals surface area contributed by atoms with Gasteiger partial charge >= 0.3 is 0 Å². The van der Waals surface area contributed by atoms with Crippen LogP contribution >= 0.6 is 11.6 Å². The Labute approximate surface area is 168 Å². The van der Waals surface area contributed by atoms with E-state index in [0.717, 1.165) is 35.7 Å². The molecule has 0 atom stereocenters. The molecule has 8 heteroatoms. The zero-order valence-corrected chi connectivity index (χ0v) is 16.4. The first-order valence-electron chi connectivity index (χ1n) is 9.21. The van der Waals surface area contributed by atoms with E-state index in [0.29, 0.717) is 24.7 Å². The number of aryl methyl sites for hydroxylation is 1. The molecule has 0 bridgehead atoms. The normalized spacial score (nSPS) is 15.0. The van der Waals surface area contributed by atoms with Gasteiger partial charge in [0.2, 0.25) is 0 Å². The van der Waals surface area contributed by atoms with E-state index >= 15 is 0 Å². The van der Waals surface area contributed by atoms with Crippen molar-refractivity contribution in [3.05, 3.63) is 70.5 Å². The number of tetrazole rings is 1. The fourth-order valence-electron chi connectivity index (χ4n) is 3.27. The number of hydrogen-bond acceptors (Lipinski definition) is 5. The summed E-state index contributed by atoms with van der Waals surface area (Å²) in [6.07, 6.45) is 0. The summed E-state index contributed by atoms with van der Waals surface area (Å²) >= 11 is 5.96. The Morgan fingerprint density at radius 1 is 1.00 bits per heavy atom. The Kier molecular flexibility index (Phi) is 5.36. The molecule has 1 aromatic heterocycles. The molecule has 144 valence electrons. The Morgan fingerprint density at radius 3 is 2.36 bits per heavy atom.